The number of ether oxygens (including phenoxy) is 1. The maximum atomic E-state index is 12.9. The second kappa shape index (κ2) is 6.68. The second-order valence-electron chi connectivity index (χ2n) is 6.98. The quantitative estimate of drug-likeness (QED) is 0.468. The van der Waals surface area contributed by atoms with E-state index in [1.807, 2.05) is 0 Å². The van der Waals surface area contributed by atoms with Crippen LogP contribution in [0.3, 0.4) is 0 Å². The first-order valence-electron chi connectivity index (χ1n) is 8.78. The minimum absolute atomic E-state index is 0.175. The van der Waals surface area contributed by atoms with Crippen LogP contribution in [0, 0.1) is 17.8 Å². The SMILES string of the molecule is C[C@H]1CC[C@H]2C(=O)N(c3ccccc3OC(=O)c3cccs3)C(=O)[C@@H]2C1. The van der Waals surface area contributed by atoms with Crippen LogP contribution in [0.5, 0.6) is 5.75 Å². The lowest BCUT2D eigenvalue weighted by Crippen LogP contribution is -2.31. The fourth-order valence-corrected chi connectivity index (χ4v) is 4.50. The average molecular weight is 369 g/mol. The van der Waals surface area contributed by atoms with Crippen molar-refractivity contribution < 1.29 is 19.1 Å². The van der Waals surface area contributed by atoms with Crippen molar-refractivity contribution in [2.75, 3.05) is 4.90 Å². The van der Waals surface area contributed by atoms with Gasteiger partial charge in [0.15, 0.2) is 5.75 Å². The van der Waals surface area contributed by atoms with Crippen molar-refractivity contribution >= 4 is 34.8 Å². The lowest BCUT2D eigenvalue weighted by molar-refractivity contribution is -0.122. The lowest BCUT2D eigenvalue weighted by Gasteiger charge is -2.25. The van der Waals surface area contributed by atoms with E-state index >= 15 is 0 Å². The largest absolute Gasteiger partial charge is 0.420 e. The minimum atomic E-state index is -0.488. The number of amides is 2. The summed E-state index contributed by atoms with van der Waals surface area (Å²) in [5.74, 6) is -0.665. The van der Waals surface area contributed by atoms with Crippen molar-refractivity contribution in [2.24, 2.45) is 17.8 Å². The molecule has 0 N–H and O–H groups in total. The fourth-order valence-electron chi connectivity index (χ4n) is 3.90. The Morgan fingerprint density at radius 3 is 2.62 bits per heavy atom. The standard InChI is InChI=1S/C20H19NO4S/c1-12-8-9-13-14(11-12)19(23)21(18(13)22)15-5-2-3-6-16(15)25-20(24)17-7-4-10-26-17/h2-7,10,12-14H,8-9,11H2,1H3/t12-,13+,14+/m0/s1. The first kappa shape index (κ1) is 17.0. The minimum Gasteiger partial charge on any atom is -0.420 e. The zero-order valence-corrected chi connectivity index (χ0v) is 15.2. The molecule has 134 valence electrons. The summed E-state index contributed by atoms with van der Waals surface area (Å²) in [6, 6.07) is 10.2. The summed E-state index contributed by atoms with van der Waals surface area (Å²) in [7, 11) is 0. The number of nitrogens with zero attached hydrogens (tertiary/aromatic N) is 1. The van der Waals surface area contributed by atoms with Gasteiger partial charge in [0, 0.05) is 0 Å². The van der Waals surface area contributed by atoms with Gasteiger partial charge in [-0.15, -0.1) is 11.3 Å². The van der Waals surface area contributed by atoms with Gasteiger partial charge >= 0.3 is 5.97 Å². The third-order valence-electron chi connectivity index (χ3n) is 5.22. The second-order valence-corrected chi connectivity index (χ2v) is 7.93. The zero-order chi connectivity index (χ0) is 18.3. The monoisotopic (exact) mass is 369 g/mol. The highest BCUT2D eigenvalue weighted by Gasteiger charge is 2.50. The van der Waals surface area contributed by atoms with Crippen LogP contribution in [0.2, 0.25) is 0 Å². The summed E-state index contributed by atoms with van der Waals surface area (Å²) < 4.78 is 5.50. The van der Waals surface area contributed by atoms with E-state index in [1.54, 1.807) is 41.8 Å². The predicted octanol–water partition coefficient (Wildman–Crippen LogP) is 3.89. The summed E-state index contributed by atoms with van der Waals surface area (Å²) in [5.41, 5.74) is 0.356. The molecule has 2 fully saturated rings. The maximum absolute atomic E-state index is 12.9. The number of fused-ring (bicyclic) bond motifs is 1. The summed E-state index contributed by atoms with van der Waals surface area (Å²) in [6.07, 6.45) is 2.44. The van der Waals surface area contributed by atoms with Gasteiger partial charge in [-0.05, 0) is 48.8 Å². The molecular weight excluding hydrogens is 350 g/mol. The molecule has 1 aliphatic heterocycles. The van der Waals surface area contributed by atoms with Crippen LogP contribution >= 0.6 is 11.3 Å². The molecule has 2 aliphatic rings. The van der Waals surface area contributed by atoms with Gasteiger partial charge in [0.05, 0.1) is 17.5 Å². The van der Waals surface area contributed by atoms with Crippen LogP contribution < -0.4 is 9.64 Å². The number of para-hydroxylation sites is 2. The molecular formula is C20H19NO4S. The predicted molar refractivity (Wildman–Crippen MR) is 98.2 cm³/mol. The molecule has 3 atom stereocenters. The number of hydrogen-bond acceptors (Lipinski definition) is 5. The number of carbonyl (C=O) groups excluding carboxylic acids is 3. The topological polar surface area (TPSA) is 63.7 Å². The van der Waals surface area contributed by atoms with Crippen molar-refractivity contribution in [2.45, 2.75) is 26.2 Å². The molecule has 1 aliphatic carbocycles. The van der Waals surface area contributed by atoms with Gasteiger partial charge in [-0.3, -0.25) is 9.59 Å². The summed E-state index contributed by atoms with van der Waals surface area (Å²) >= 11 is 1.28. The van der Waals surface area contributed by atoms with Gasteiger partial charge in [-0.2, -0.15) is 0 Å². The number of anilines is 1. The molecule has 1 saturated heterocycles. The first-order chi connectivity index (χ1) is 12.6. The normalized spacial score (nSPS) is 25.3. The number of thiophene rings is 1. The molecule has 1 saturated carbocycles. The summed E-state index contributed by atoms with van der Waals surface area (Å²) in [6.45, 7) is 2.12. The Hall–Kier alpha value is -2.47. The smallest absolute Gasteiger partial charge is 0.353 e. The van der Waals surface area contributed by atoms with Crippen LogP contribution in [0.4, 0.5) is 5.69 Å². The third kappa shape index (κ3) is 2.84. The highest BCUT2D eigenvalue weighted by atomic mass is 32.1. The van der Waals surface area contributed by atoms with Crippen LogP contribution in [-0.4, -0.2) is 17.8 Å². The van der Waals surface area contributed by atoms with Crippen LogP contribution in [0.15, 0.2) is 41.8 Å². The number of benzene rings is 1. The molecule has 2 heterocycles. The molecule has 0 spiro atoms. The highest BCUT2D eigenvalue weighted by Crippen LogP contribution is 2.44. The number of hydrogen-bond donors (Lipinski definition) is 0. The molecule has 26 heavy (non-hydrogen) atoms. The van der Waals surface area contributed by atoms with E-state index in [4.69, 9.17) is 4.74 Å². The Bertz CT molecular complexity index is 860. The van der Waals surface area contributed by atoms with Crippen molar-refractivity contribution in [3.05, 3.63) is 46.7 Å². The fraction of sp³-hybridized carbons (Fsp3) is 0.350. The number of carbonyl (C=O) groups is 3. The molecule has 0 bridgehead atoms. The molecule has 0 radical (unpaired) electrons. The van der Waals surface area contributed by atoms with Crippen molar-refractivity contribution in [1.82, 2.24) is 0 Å². The maximum Gasteiger partial charge on any atom is 0.353 e. The molecule has 1 aromatic heterocycles. The molecule has 2 amide bonds. The lowest BCUT2D eigenvalue weighted by atomic mass is 9.76. The third-order valence-corrected chi connectivity index (χ3v) is 6.07. The Morgan fingerprint density at radius 2 is 1.85 bits per heavy atom. The molecule has 1 aromatic carbocycles. The van der Waals surface area contributed by atoms with Gasteiger partial charge in [0.1, 0.15) is 4.88 Å². The number of esters is 1. The summed E-state index contributed by atoms with van der Waals surface area (Å²) in [4.78, 5) is 39.8. The van der Waals surface area contributed by atoms with Gasteiger partial charge in [0.2, 0.25) is 11.8 Å². The van der Waals surface area contributed by atoms with Gasteiger partial charge in [0.25, 0.3) is 0 Å². The van der Waals surface area contributed by atoms with Crippen molar-refractivity contribution in [3.63, 3.8) is 0 Å². The number of rotatable bonds is 3. The van der Waals surface area contributed by atoms with Crippen LogP contribution in [0.1, 0.15) is 35.9 Å². The highest BCUT2D eigenvalue weighted by molar-refractivity contribution is 7.12. The Morgan fingerprint density at radius 1 is 1.08 bits per heavy atom. The zero-order valence-electron chi connectivity index (χ0n) is 14.4. The molecule has 0 unspecified atom stereocenters. The van der Waals surface area contributed by atoms with Crippen molar-refractivity contribution in [3.8, 4) is 5.75 Å². The Labute approximate surface area is 155 Å². The van der Waals surface area contributed by atoms with E-state index in [2.05, 4.69) is 6.92 Å². The van der Waals surface area contributed by atoms with E-state index in [0.29, 0.717) is 16.5 Å². The molecule has 5 nitrogen and oxygen atoms in total. The van der Waals surface area contributed by atoms with E-state index in [-0.39, 0.29) is 29.4 Å². The Kier molecular flexibility index (Phi) is 4.36. The van der Waals surface area contributed by atoms with E-state index in [0.717, 1.165) is 19.3 Å². The average Bonchev–Trinajstić information content (AvgIpc) is 3.24. The Balaban J connectivity index is 1.65. The van der Waals surface area contributed by atoms with E-state index in [9.17, 15) is 14.4 Å². The van der Waals surface area contributed by atoms with Crippen molar-refractivity contribution in [1.29, 1.82) is 0 Å². The van der Waals surface area contributed by atoms with E-state index < -0.39 is 5.97 Å². The van der Waals surface area contributed by atoms with Crippen LogP contribution in [-0.2, 0) is 9.59 Å². The van der Waals surface area contributed by atoms with E-state index in [1.165, 1.54) is 16.2 Å². The van der Waals surface area contributed by atoms with Gasteiger partial charge in [-0.25, -0.2) is 9.69 Å². The van der Waals surface area contributed by atoms with Gasteiger partial charge in [-0.1, -0.05) is 25.1 Å². The molecule has 2 aromatic rings. The first-order valence-corrected chi connectivity index (χ1v) is 9.66. The number of imide groups is 1. The molecule has 4 rings (SSSR count). The van der Waals surface area contributed by atoms with Gasteiger partial charge < -0.3 is 4.74 Å². The van der Waals surface area contributed by atoms with Crippen LogP contribution in [0.25, 0.3) is 0 Å². The summed E-state index contributed by atoms with van der Waals surface area (Å²) in [5, 5.41) is 1.79. The molecule has 6 heteroatoms.